The molecule has 1 saturated heterocycles. The number of halogens is 2. The number of carbonyl (C=O) groups excluding carboxylic acids is 1. The second-order valence-electron chi connectivity index (χ2n) is 5.45. The maximum Gasteiger partial charge on any atom is 0.221 e. The first-order valence-corrected chi connectivity index (χ1v) is 7.67. The standard InChI is InChI=1S/C16H18ClFN2O2/c1-10-5-6-11(22-10)7-8-15(21)20-14(9-19)16-12(17)3-2-4-13(16)18/h2-4,10-11,14H,5-8H2,1H3,(H,20,21)/t10-,11+,14+/m1/s1. The molecule has 0 aromatic heterocycles. The first-order chi connectivity index (χ1) is 10.5. The monoisotopic (exact) mass is 324 g/mol. The van der Waals surface area contributed by atoms with Gasteiger partial charge in [-0.3, -0.25) is 4.79 Å². The van der Waals surface area contributed by atoms with Crippen LogP contribution < -0.4 is 5.32 Å². The van der Waals surface area contributed by atoms with Crippen LogP contribution >= 0.6 is 11.6 Å². The van der Waals surface area contributed by atoms with Gasteiger partial charge in [-0.1, -0.05) is 17.7 Å². The van der Waals surface area contributed by atoms with E-state index in [4.69, 9.17) is 16.3 Å². The third-order valence-corrected chi connectivity index (χ3v) is 4.07. The van der Waals surface area contributed by atoms with Gasteiger partial charge in [0.25, 0.3) is 0 Å². The smallest absolute Gasteiger partial charge is 0.221 e. The number of nitriles is 1. The zero-order valence-electron chi connectivity index (χ0n) is 12.3. The van der Waals surface area contributed by atoms with Crippen molar-refractivity contribution in [1.82, 2.24) is 5.32 Å². The van der Waals surface area contributed by atoms with E-state index in [1.165, 1.54) is 18.2 Å². The van der Waals surface area contributed by atoms with Gasteiger partial charge in [0, 0.05) is 17.0 Å². The van der Waals surface area contributed by atoms with Crippen LogP contribution in [0, 0.1) is 17.1 Å². The molecule has 0 bridgehead atoms. The summed E-state index contributed by atoms with van der Waals surface area (Å²) < 4.78 is 19.4. The Bertz CT molecular complexity index is 568. The van der Waals surface area contributed by atoms with Gasteiger partial charge in [-0.15, -0.1) is 0 Å². The summed E-state index contributed by atoms with van der Waals surface area (Å²) in [6.07, 6.45) is 3.09. The summed E-state index contributed by atoms with van der Waals surface area (Å²) in [5.74, 6) is -0.915. The van der Waals surface area contributed by atoms with Gasteiger partial charge < -0.3 is 10.1 Å². The minimum absolute atomic E-state index is 0.00533. The summed E-state index contributed by atoms with van der Waals surface area (Å²) in [5.41, 5.74) is 0.00533. The van der Waals surface area contributed by atoms with Crippen molar-refractivity contribution < 1.29 is 13.9 Å². The summed E-state index contributed by atoms with van der Waals surface area (Å²) >= 11 is 5.92. The quantitative estimate of drug-likeness (QED) is 0.901. The van der Waals surface area contributed by atoms with E-state index in [0.29, 0.717) is 6.42 Å². The van der Waals surface area contributed by atoms with Crippen LogP contribution in [0.2, 0.25) is 5.02 Å². The van der Waals surface area contributed by atoms with Crippen LogP contribution in [0.15, 0.2) is 18.2 Å². The summed E-state index contributed by atoms with van der Waals surface area (Å²) in [7, 11) is 0. The molecule has 0 radical (unpaired) electrons. The van der Waals surface area contributed by atoms with Gasteiger partial charge in [0.1, 0.15) is 11.9 Å². The number of amides is 1. The van der Waals surface area contributed by atoms with Crippen molar-refractivity contribution in [3.05, 3.63) is 34.6 Å². The van der Waals surface area contributed by atoms with E-state index >= 15 is 0 Å². The number of hydrogen-bond acceptors (Lipinski definition) is 3. The van der Waals surface area contributed by atoms with Gasteiger partial charge in [0.05, 0.1) is 18.3 Å². The van der Waals surface area contributed by atoms with E-state index in [1.807, 2.05) is 13.0 Å². The molecule has 2 rings (SSSR count). The third kappa shape index (κ3) is 4.19. The van der Waals surface area contributed by atoms with Crippen molar-refractivity contribution >= 4 is 17.5 Å². The number of carbonyl (C=O) groups is 1. The van der Waals surface area contributed by atoms with Gasteiger partial charge in [0.2, 0.25) is 5.91 Å². The highest BCUT2D eigenvalue weighted by atomic mass is 35.5. The van der Waals surface area contributed by atoms with E-state index in [-0.39, 0.29) is 35.1 Å². The number of nitrogens with one attached hydrogen (secondary N) is 1. The maximum absolute atomic E-state index is 13.8. The van der Waals surface area contributed by atoms with Crippen LogP contribution in [-0.4, -0.2) is 18.1 Å². The van der Waals surface area contributed by atoms with Crippen molar-refractivity contribution in [3.63, 3.8) is 0 Å². The first kappa shape index (κ1) is 16.7. The Morgan fingerprint density at radius 2 is 2.36 bits per heavy atom. The highest BCUT2D eigenvalue weighted by Crippen LogP contribution is 2.26. The lowest BCUT2D eigenvalue weighted by atomic mass is 10.1. The Kier molecular flexibility index (Phi) is 5.76. The Morgan fingerprint density at radius 1 is 1.59 bits per heavy atom. The minimum atomic E-state index is -1.09. The Labute approximate surface area is 134 Å². The minimum Gasteiger partial charge on any atom is -0.375 e. The van der Waals surface area contributed by atoms with Crippen molar-refractivity contribution in [3.8, 4) is 6.07 Å². The topological polar surface area (TPSA) is 62.1 Å². The summed E-state index contributed by atoms with van der Waals surface area (Å²) in [6.45, 7) is 2.01. The molecule has 22 heavy (non-hydrogen) atoms. The molecule has 1 aliphatic rings. The predicted octanol–water partition coefficient (Wildman–Crippen LogP) is 3.51. The normalized spacial score (nSPS) is 22.1. The molecule has 6 heteroatoms. The number of ether oxygens (including phenoxy) is 1. The van der Waals surface area contributed by atoms with E-state index in [0.717, 1.165) is 12.8 Å². The van der Waals surface area contributed by atoms with E-state index in [2.05, 4.69) is 5.32 Å². The molecule has 1 heterocycles. The lowest BCUT2D eigenvalue weighted by Crippen LogP contribution is -2.29. The maximum atomic E-state index is 13.8. The van der Waals surface area contributed by atoms with Crippen molar-refractivity contribution in [2.45, 2.75) is 50.9 Å². The molecule has 1 amide bonds. The van der Waals surface area contributed by atoms with Crippen LogP contribution in [0.25, 0.3) is 0 Å². The fourth-order valence-electron chi connectivity index (χ4n) is 2.58. The second kappa shape index (κ2) is 7.57. The molecule has 1 aromatic carbocycles. The van der Waals surface area contributed by atoms with Crippen molar-refractivity contribution in [1.29, 1.82) is 5.26 Å². The number of rotatable bonds is 5. The fourth-order valence-corrected chi connectivity index (χ4v) is 2.85. The highest BCUT2D eigenvalue weighted by Gasteiger charge is 2.24. The first-order valence-electron chi connectivity index (χ1n) is 7.29. The predicted molar refractivity (Wildman–Crippen MR) is 80.7 cm³/mol. The Morgan fingerprint density at radius 3 is 2.95 bits per heavy atom. The van der Waals surface area contributed by atoms with E-state index in [9.17, 15) is 14.4 Å². The van der Waals surface area contributed by atoms with E-state index < -0.39 is 11.9 Å². The van der Waals surface area contributed by atoms with Crippen LogP contribution in [0.4, 0.5) is 4.39 Å². The highest BCUT2D eigenvalue weighted by molar-refractivity contribution is 6.31. The summed E-state index contributed by atoms with van der Waals surface area (Å²) in [5, 5.41) is 11.8. The SMILES string of the molecule is C[C@@H]1CC[C@@H](CCC(=O)N[C@@H](C#N)c2c(F)cccc2Cl)O1. The molecule has 3 atom stereocenters. The van der Waals surface area contributed by atoms with Gasteiger partial charge in [0.15, 0.2) is 0 Å². The van der Waals surface area contributed by atoms with Gasteiger partial charge >= 0.3 is 0 Å². The number of nitrogens with zero attached hydrogens (tertiary/aromatic N) is 1. The average Bonchev–Trinajstić information content (AvgIpc) is 2.89. The van der Waals surface area contributed by atoms with Crippen molar-refractivity contribution in [2.75, 3.05) is 0 Å². The van der Waals surface area contributed by atoms with Crippen LogP contribution in [0.5, 0.6) is 0 Å². The molecule has 0 unspecified atom stereocenters. The average molecular weight is 325 g/mol. The lowest BCUT2D eigenvalue weighted by Gasteiger charge is -2.15. The molecule has 1 aromatic rings. The van der Waals surface area contributed by atoms with Crippen molar-refractivity contribution in [2.24, 2.45) is 0 Å². The zero-order chi connectivity index (χ0) is 16.1. The van der Waals surface area contributed by atoms with Crippen LogP contribution in [0.1, 0.15) is 44.2 Å². The molecule has 1 fully saturated rings. The molecule has 0 saturated carbocycles. The molecular weight excluding hydrogens is 307 g/mol. The summed E-state index contributed by atoms with van der Waals surface area (Å²) in [4.78, 5) is 12.0. The largest absolute Gasteiger partial charge is 0.375 e. The molecule has 1 aliphatic heterocycles. The zero-order valence-corrected chi connectivity index (χ0v) is 13.1. The molecule has 118 valence electrons. The molecule has 0 aliphatic carbocycles. The fraction of sp³-hybridized carbons (Fsp3) is 0.500. The number of hydrogen-bond donors (Lipinski definition) is 1. The molecule has 1 N–H and O–H groups in total. The van der Waals surface area contributed by atoms with E-state index in [1.54, 1.807) is 0 Å². The molecular formula is C16H18ClFN2O2. The molecule has 4 nitrogen and oxygen atoms in total. The van der Waals surface area contributed by atoms with Gasteiger partial charge in [-0.2, -0.15) is 5.26 Å². The molecule has 0 spiro atoms. The second-order valence-corrected chi connectivity index (χ2v) is 5.86. The number of benzene rings is 1. The van der Waals surface area contributed by atoms with Gasteiger partial charge in [-0.05, 0) is 38.3 Å². The van der Waals surface area contributed by atoms with Crippen LogP contribution in [0.3, 0.4) is 0 Å². The third-order valence-electron chi connectivity index (χ3n) is 3.74. The summed E-state index contributed by atoms with van der Waals surface area (Å²) in [6, 6.07) is 4.94. The van der Waals surface area contributed by atoms with Gasteiger partial charge in [-0.25, -0.2) is 4.39 Å². The Hall–Kier alpha value is -1.64. The van der Waals surface area contributed by atoms with Crippen LogP contribution in [-0.2, 0) is 9.53 Å². The Balaban J connectivity index is 1.93. The lowest BCUT2D eigenvalue weighted by molar-refractivity contribution is -0.122.